The van der Waals surface area contributed by atoms with Gasteiger partial charge < -0.3 is 9.30 Å². The highest BCUT2D eigenvalue weighted by Gasteiger charge is 2.31. The molecule has 7 heteroatoms. The third-order valence-corrected chi connectivity index (χ3v) is 4.10. The van der Waals surface area contributed by atoms with Gasteiger partial charge in [0.1, 0.15) is 5.56 Å². The second kappa shape index (κ2) is 7.26. The van der Waals surface area contributed by atoms with Gasteiger partial charge in [-0.3, -0.25) is 4.79 Å². The van der Waals surface area contributed by atoms with Crippen LogP contribution >= 0.6 is 0 Å². The second-order valence-corrected chi connectivity index (χ2v) is 5.94. The molecule has 4 nitrogen and oxygen atoms in total. The summed E-state index contributed by atoms with van der Waals surface area (Å²) >= 11 is 0. The summed E-state index contributed by atoms with van der Waals surface area (Å²) < 4.78 is 45.7. The first kappa shape index (κ1) is 18.7. The first-order valence-electron chi connectivity index (χ1n) is 8.26. The first-order chi connectivity index (χ1) is 12.8. The molecule has 0 N–H and O–H groups in total. The largest absolute Gasteiger partial charge is 0.462 e. The van der Waals surface area contributed by atoms with Crippen molar-refractivity contribution in [2.45, 2.75) is 19.6 Å². The van der Waals surface area contributed by atoms with Gasteiger partial charge in [0.25, 0.3) is 0 Å². The lowest BCUT2D eigenvalue weighted by molar-refractivity contribution is -0.137. The number of hydrogen-bond donors (Lipinski definition) is 0. The van der Waals surface area contributed by atoms with E-state index in [-0.39, 0.29) is 24.1 Å². The van der Waals surface area contributed by atoms with Gasteiger partial charge in [0.05, 0.1) is 17.7 Å². The summed E-state index contributed by atoms with van der Waals surface area (Å²) in [5, 5.41) is -0.175. The van der Waals surface area contributed by atoms with Crippen molar-refractivity contribution in [3.8, 4) is 0 Å². The number of pyridine rings is 1. The molecule has 3 aromatic rings. The molecule has 0 atom stereocenters. The maximum atomic E-state index is 13.1. The molecule has 0 amide bonds. The lowest BCUT2D eigenvalue weighted by Gasteiger charge is -2.15. The Morgan fingerprint density at radius 3 is 2.44 bits per heavy atom. The number of nitrogens with zero attached hydrogens (tertiary/aromatic N) is 1. The lowest BCUT2D eigenvalue weighted by atomic mass is 10.1. The summed E-state index contributed by atoms with van der Waals surface area (Å²) in [5.74, 6) is -0.858. The van der Waals surface area contributed by atoms with Crippen LogP contribution in [0.1, 0.15) is 28.4 Å². The number of benzene rings is 2. The lowest BCUT2D eigenvalue weighted by Crippen LogP contribution is -2.21. The normalized spacial score (nSPS) is 11.6. The van der Waals surface area contributed by atoms with Gasteiger partial charge in [-0.15, -0.1) is 0 Å². The molecule has 0 saturated carbocycles. The summed E-state index contributed by atoms with van der Waals surface area (Å²) in [6, 6.07) is 12.1. The SMILES string of the molecule is CCOC(=O)c1cn(Cc2ccccc2)c2ccc(C(F)(F)F)cc2c1=O. The van der Waals surface area contributed by atoms with Gasteiger partial charge in [0.15, 0.2) is 0 Å². The topological polar surface area (TPSA) is 48.3 Å². The summed E-state index contributed by atoms with van der Waals surface area (Å²) in [6.45, 7) is 1.93. The van der Waals surface area contributed by atoms with Crippen LogP contribution in [0.4, 0.5) is 13.2 Å². The number of fused-ring (bicyclic) bond motifs is 1. The van der Waals surface area contributed by atoms with E-state index in [1.807, 2.05) is 30.3 Å². The zero-order chi connectivity index (χ0) is 19.6. The molecule has 3 rings (SSSR count). The molecule has 0 fully saturated rings. The van der Waals surface area contributed by atoms with E-state index < -0.39 is 23.1 Å². The van der Waals surface area contributed by atoms with Crippen LogP contribution in [-0.4, -0.2) is 17.1 Å². The Labute approximate surface area is 152 Å². The fourth-order valence-corrected chi connectivity index (χ4v) is 2.84. The number of hydrogen-bond acceptors (Lipinski definition) is 3. The summed E-state index contributed by atoms with van der Waals surface area (Å²) in [6.07, 6.45) is -3.26. The van der Waals surface area contributed by atoms with Crippen LogP contribution in [0.3, 0.4) is 0 Å². The average Bonchev–Trinajstić information content (AvgIpc) is 2.64. The van der Waals surface area contributed by atoms with Gasteiger partial charge in [-0.25, -0.2) is 4.79 Å². The van der Waals surface area contributed by atoms with Gasteiger partial charge in [-0.05, 0) is 30.7 Å². The molecule has 0 bridgehead atoms. The van der Waals surface area contributed by atoms with Crippen molar-refractivity contribution >= 4 is 16.9 Å². The van der Waals surface area contributed by atoms with E-state index in [1.54, 1.807) is 11.5 Å². The Bertz CT molecular complexity index is 1040. The molecule has 0 radical (unpaired) electrons. The quantitative estimate of drug-likeness (QED) is 0.641. The number of rotatable bonds is 4. The number of ether oxygens (including phenoxy) is 1. The molecule has 27 heavy (non-hydrogen) atoms. The maximum absolute atomic E-state index is 13.1. The molecule has 140 valence electrons. The second-order valence-electron chi connectivity index (χ2n) is 5.94. The van der Waals surface area contributed by atoms with Gasteiger partial charge >= 0.3 is 12.1 Å². The molecule has 0 aliphatic carbocycles. The van der Waals surface area contributed by atoms with Crippen LogP contribution in [0, 0.1) is 0 Å². The maximum Gasteiger partial charge on any atom is 0.416 e. The molecule has 2 aromatic carbocycles. The van der Waals surface area contributed by atoms with Crippen LogP contribution in [0.5, 0.6) is 0 Å². The van der Waals surface area contributed by atoms with Crippen molar-refractivity contribution in [3.63, 3.8) is 0 Å². The van der Waals surface area contributed by atoms with E-state index in [0.717, 1.165) is 17.7 Å². The highest BCUT2D eigenvalue weighted by atomic mass is 19.4. The highest BCUT2D eigenvalue weighted by Crippen LogP contribution is 2.31. The van der Waals surface area contributed by atoms with E-state index in [0.29, 0.717) is 5.52 Å². The Hall–Kier alpha value is -3.09. The van der Waals surface area contributed by atoms with Crippen molar-refractivity contribution in [2.24, 2.45) is 0 Å². The van der Waals surface area contributed by atoms with Gasteiger partial charge in [-0.2, -0.15) is 13.2 Å². The average molecular weight is 375 g/mol. The van der Waals surface area contributed by atoms with Crippen LogP contribution in [-0.2, 0) is 17.5 Å². The summed E-state index contributed by atoms with van der Waals surface area (Å²) in [5.41, 5.74) is -0.833. The van der Waals surface area contributed by atoms with E-state index in [9.17, 15) is 22.8 Å². The van der Waals surface area contributed by atoms with E-state index in [1.165, 1.54) is 12.3 Å². The zero-order valence-electron chi connectivity index (χ0n) is 14.4. The van der Waals surface area contributed by atoms with Crippen LogP contribution in [0.2, 0.25) is 0 Å². The van der Waals surface area contributed by atoms with Crippen molar-refractivity contribution in [3.05, 3.63) is 81.6 Å². The zero-order valence-corrected chi connectivity index (χ0v) is 14.4. The van der Waals surface area contributed by atoms with Crippen molar-refractivity contribution < 1.29 is 22.7 Å². The van der Waals surface area contributed by atoms with E-state index in [2.05, 4.69) is 0 Å². The molecule has 0 unspecified atom stereocenters. The molecule has 0 aliphatic heterocycles. The minimum atomic E-state index is -4.59. The minimum absolute atomic E-state index is 0.0532. The smallest absolute Gasteiger partial charge is 0.416 e. The monoisotopic (exact) mass is 375 g/mol. The Kier molecular flexibility index (Phi) is 5.03. The fourth-order valence-electron chi connectivity index (χ4n) is 2.84. The third kappa shape index (κ3) is 3.86. The molecule has 1 aromatic heterocycles. The first-order valence-corrected chi connectivity index (χ1v) is 8.26. The van der Waals surface area contributed by atoms with Gasteiger partial charge in [-0.1, -0.05) is 30.3 Å². The summed E-state index contributed by atoms with van der Waals surface area (Å²) in [7, 11) is 0. The highest BCUT2D eigenvalue weighted by molar-refractivity contribution is 5.94. The van der Waals surface area contributed by atoms with Gasteiger partial charge in [0, 0.05) is 18.1 Å². The van der Waals surface area contributed by atoms with Crippen LogP contribution < -0.4 is 5.43 Å². The molecule has 0 spiro atoms. The number of carbonyl (C=O) groups excluding carboxylic acids is 1. The van der Waals surface area contributed by atoms with Crippen LogP contribution in [0.15, 0.2) is 59.5 Å². The molecular formula is C20H16F3NO3. The van der Waals surface area contributed by atoms with Crippen LogP contribution in [0.25, 0.3) is 10.9 Å². The third-order valence-electron chi connectivity index (χ3n) is 4.10. The fraction of sp³-hybridized carbons (Fsp3) is 0.200. The number of aromatic nitrogens is 1. The Morgan fingerprint density at radius 2 is 1.81 bits per heavy atom. The molecule has 0 aliphatic rings. The predicted octanol–water partition coefficient (Wildman–Crippen LogP) is 4.25. The van der Waals surface area contributed by atoms with Crippen molar-refractivity contribution in [2.75, 3.05) is 6.61 Å². The van der Waals surface area contributed by atoms with E-state index >= 15 is 0 Å². The Balaban J connectivity index is 2.25. The van der Waals surface area contributed by atoms with Crippen molar-refractivity contribution in [1.29, 1.82) is 0 Å². The molecular weight excluding hydrogens is 359 g/mol. The summed E-state index contributed by atoms with van der Waals surface area (Å²) in [4.78, 5) is 24.8. The molecule has 1 heterocycles. The predicted molar refractivity (Wildman–Crippen MR) is 94.7 cm³/mol. The molecule has 0 saturated heterocycles. The number of alkyl halides is 3. The minimum Gasteiger partial charge on any atom is -0.462 e. The standard InChI is InChI=1S/C20H16F3NO3/c1-2-27-19(26)16-12-24(11-13-6-4-3-5-7-13)17-9-8-14(20(21,22)23)10-15(17)18(16)25/h3-10,12H,2,11H2,1H3. The number of esters is 1. The van der Waals surface area contributed by atoms with Crippen molar-refractivity contribution in [1.82, 2.24) is 4.57 Å². The number of halogens is 3. The van der Waals surface area contributed by atoms with E-state index in [4.69, 9.17) is 4.74 Å². The Morgan fingerprint density at radius 1 is 1.11 bits per heavy atom. The number of carbonyl (C=O) groups is 1. The van der Waals surface area contributed by atoms with Gasteiger partial charge in [0.2, 0.25) is 5.43 Å².